The smallest absolute Gasteiger partial charge is 0.236 e. The van der Waals surface area contributed by atoms with Crippen LogP contribution in [0.1, 0.15) is 11.4 Å². The van der Waals surface area contributed by atoms with Crippen LogP contribution in [0.4, 0.5) is 5.13 Å². The lowest BCUT2D eigenvalue weighted by atomic mass is 10.2. The third-order valence-corrected chi connectivity index (χ3v) is 8.80. The van der Waals surface area contributed by atoms with Crippen LogP contribution in [0.2, 0.25) is 0 Å². The van der Waals surface area contributed by atoms with Gasteiger partial charge >= 0.3 is 0 Å². The Morgan fingerprint density at radius 1 is 0.972 bits per heavy atom. The first-order valence-electron chi connectivity index (χ1n) is 11.0. The van der Waals surface area contributed by atoms with Crippen molar-refractivity contribution in [1.82, 2.24) is 19.7 Å². The molecule has 0 unspecified atom stereocenters. The molecule has 1 amide bonds. The normalized spacial score (nSPS) is 11.6. The highest BCUT2D eigenvalue weighted by atomic mass is 32.2. The summed E-state index contributed by atoms with van der Waals surface area (Å²) in [4.78, 5) is 17.3. The van der Waals surface area contributed by atoms with Crippen molar-refractivity contribution in [2.75, 3.05) is 11.1 Å². The number of benzene rings is 3. The first kappa shape index (κ1) is 24.2. The van der Waals surface area contributed by atoms with Gasteiger partial charge in [-0.25, -0.2) is 13.4 Å². The maximum Gasteiger partial charge on any atom is 0.236 e. The molecule has 2 heterocycles. The van der Waals surface area contributed by atoms with E-state index in [1.165, 1.54) is 23.1 Å². The minimum Gasteiger partial charge on any atom is -0.301 e. The van der Waals surface area contributed by atoms with Gasteiger partial charge < -0.3 is 5.32 Å². The highest BCUT2D eigenvalue weighted by molar-refractivity contribution is 7.99. The molecule has 0 bridgehead atoms. The zero-order chi connectivity index (χ0) is 25.1. The summed E-state index contributed by atoms with van der Waals surface area (Å²) in [5, 5.41) is 12.2. The van der Waals surface area contributed by atoms with Gasteiger partial charge in [-0.1, -0.05) is 71.1 Å². The van der Waals surface area contributed by atoms with Gasteiger partial charge in [-0.2, -0.15) is 0 Å². The fourth-order valence-corrected chi connectivity index (χ4v) is 6.43. The fraction of sp³-hybridized carbons (Fsp3) is 0.120. The Bertz CT molecular complexity index is 1600. The lowest BCUT2D eigenvalue weighted by molar-refractivity contribution is -0.113. The number of hydrogen-bond donors (Lipinski definition) is 1. The molecule has 1 N–H and O–H groups in total. The van der Waals surface area contributed by atoms with E-state index in [4.69, 9.17) is 0 Å². The summed E-state index contributed by atoms with van der Waals surface area (Å²) >= 11 is 2.58. The van der Waals surface area contributed by atoms with Crippen LogP contribution in [0, 0.1) is 6.92 Å². The molecule has 182 valence electrons. The van der Waals surface area contributed by atoms with E-state index in [1.54, 1.807) is 28.8 Å². The monoisotopic (exact) mass is 535 g/mol. The van der Waals surface area contributed by atoms with Crippen molar-refractivity contribution >= 4 is 54.2 Å². The minimum atomic E-state index is -3.65. The van der Waals surface area contributed by atoms with Gasteiger partial charge in [0.05, 0.1) is 20.9 Å². The topological polar surface area (TPSA) is 107 Å². The molecule has 2 aromatic heterocycles. The molecule has 0 saturated heterocycles. The largest absolute Gasteiger partial charge is 0.301 e. The second-order valence-corrected chi connectivity index (χ2v) is 11.9. The summed E-state index contributed by atoms with van der Waals surface area (Å²) in [6.07, 6.45) is 0. The Morgan fingerprint density at radius 2 is 1.69 bits per heavy atom. The second-order valence-electron chi connectivity index (χ2n) is 7.97. The van der Waals surface area contributed by atoms with Crippen LogP contribution in [0.25, 0.3) is 15.9 Å². The van der Waals surface area contributed by atoms with Gasteiger partial charge in [0.15, 0.2) is 25.9 Å². The number of fused-ring (bicyclic) bond motifs is 1. The zero-order valence-electron chi connectivity index (χ0n) is 19.2. The number of nitrogens with one attached hydrogen (secondary N) is 1. The fourth-order valence-electron chi connectivity index (χ4n) is 3.53. The number of carbonyl (C=O) groups excluding carboxylic acids is 1. The molecule has 8 nitrogen and oxygen atoms in total. The molecule has 0 aliphatic rings. The van der Waals surface area contributed by atoms with Crippen LogP contribution in [0.5, 0.6) is 0 Å². The molecule has 0 aliphatic carbocycles. The Labute approximate surface area is 216 Å². The van der Waals surface area contributed by atoms with Gasteiger partial charge in [0.25, 0.3) is 0 Å². The summed E-state index contributed by atoms with van der Waals surface area (Å²) < 4.78 is 28.9. The molecule has 0 saturated carbocycles. The number of aryl methyl sites for hydroxylation is 1. The van der Waals surface area contributed by atoms with Crippen LogP contribution in [0.3, 0.4) is 0 Å². The van der Waals surface area contributed by atoms with E-state index in [0.29, 0.717) is 16.0 Å². The van der Waals surface area contributed by atoms with Crippen LogP contribution >= 0.6 is 23.1 Å². The Balaban J connectivity index is 1.37. The number of hydrogen-bond acceptors (Lipinski definition) is 8. The van der Waals surface area contributed by atoms with E-state index in [0.717, 1.165) is 15.8 Å². The molecule has 3 aromatic carbocycles. The molecule has 0 radical (unpaired) electrons. The summed E-state index contributed by atoms with van der Waals surface area (Å²) in [5.41, 5.74) is 2.52. The van der Waals surface area contributed by atoms with Crippen molar-refractivity contribution in [2.24, 2.45) is 0 Å². The van der Waals surface area contributed by atoms with Crippen molar-refractivity contribution in [2.45, 2.75) is 22.7 Å². The number of aromatic nitrogens is 4. The highest BCUT2D eigenvalue weighted by Crippen LogP contribution is 2.27. The first-order valence-corrected chi connectivity index (χ1v) is 14.4. The van der Waals surface area contributed by atoms with Crippen LogP contribution < -0.4 is 5.32 Å². The second kappa shape index (κ2) is 10.2. The number of nitrogens with zero attached hydrogens (tertiary/aromatic N) is 4. The maximum absolute atomic E-state index is 13.1. The molecule has 11 heteroatoms. The predicted molar refractivity (Wildman–Crippen MR) is 142 cm³/mol. The standard InChI is InChI=1S/C25H21N5O3S3/c1-17-11-13-19(14-12-17)36(32,33)16-22-28-29-25(30(22)18-7-3-2-4-8-18)34-15-23(31)27-24-26-20-9-5-6-10-21(20)35-24/h2-14H,15-16H2,1H3,(H,26,27,31). The molecule has 0 spiro atoms. The summed E-state index contributed by atoms with van der Waals surface area (Å²) in [6, 6.07) is 23.6. The van der Waals surface area contributed by atoms with Crippen molar-refractivity contribution < 1.29 is 13.2 Å². The van der Waals surface area contributed by atoms with Crippen LogP contribution in [-0.2, 0) is 20.4 Å². The van der Waals surface area contributed by atoms with Crippen molar-refractivity contribution in [3.05, 3.63) is 90.3 Å². The summed E-state index contributed by atoms with van der Waals surface area (Å²) in [7, 11) is -3.65. The third-order valence-electron chi connectivity index (χ3n) is 5.29. The van der Waals surface area contributed by atoms with Crippen LogP contribution in [0.15, 0.2) is 88.9 Å². The van der Waals surface area contributed by atoms with Gasteiger partial charge in [-0.3, -0.25) is 9.36 Å². The van der Waals surface area contributed by atoms with Gasteiger partial charge in [0, 0.05) is 5.69 Å². The van der Waals surface area contributed by atoms with Gasteiger partial charge in [-0.05, 0) is 43.3 Å². The maximum atomic E-state index is 13.1. The lowest BCUT2D eigenvalue weighted by Gasteiger charge is -2.11. The zero-order valence-corrected chi connectivity index (χ0v) is 21.6. The van der Waals surface area contributed by atoms with Gasteiger partial charge in [0.2, 0.25) is 5.91 Å². The average Bonchev–Trinajstić information content (AvgIpc) is 3.46. The summed E-state index contributed by atoms with van der Waals surface area (Å²) in [5.74, 6) is -0.228. The van der Waals surface area contributed by atoms with E-state index >= 15 is 0 Å². The quantitative estimate of drug-likeness (QED) is 0.282. The molecule has 5 aromatic rings. The number of rotatable bonds is 8. The molecular weight excluding hydrogens is 515 g/mol. The number of sulfone groups is 1. The Morgan fingerprint density at radius 3 is 2.44 bits per heavy atom. The number of anilines is 1. The number of thioether (sulfide) groups is 1. The lowest BCUT2D eigenvalue weighted by Crippen LogP contribution is -2.15. The van der Waals surface area contributed by atoms with E-state index in [9.17, 15) is 13.2 Å². The van der Waals surface area contributed by atoms with Crippen molar-refractivity contribution in [3.8, 4) is 5.69 Å². The third kappa shape index (κ3) is 5.32. The van der Waals surface area contributed by atoms with E-state index in [1.807, 2.05) is 61.5 Å². The van der Waals surface area contributed by atoms with Crippen LogP contribution in [-0.4, -0.2) is 39.8 Å². The van der Waals surface area contributed by atoms with E-state index < -0.39 is 9.84 Å². The number of thiazole rings is 1. The number of carbonyl (C=O) groups is 1. The molecule has 36 heavy (non-hydrogen) atoms. The Hall–Kier alpha value is -3.54. The van der Waals surface area contributed by atoms with E-state index in [2.05, 4.69) is 20.5 Å². The van der Waals surface area contributed by atoms with Crippen molar-refractivity contribution in [3.63, 3.8) is 0 Å². The number of para-hydroxylation sites is 2. The predicted octanol–water partition coefficient (Wildman–Crippen LogP) is 4.89. The summed E-state index contributed by atoms with van der Waals surface area (Å²) in [6.45, 7) is 1.90. The number of amides is 1. The molecule has 5 rings (SSSR count). The SMILES string of the molecule is Cc1ccc(S(=O)(=O)Cc2nnc(SCC(=O)Nc3nc4ccccc4s3)n2-c2ccccc2)cc1. The molecule has 0 fully saturated rings. The van der Waals surface area contributed by atoms with Crippen molar-refractivity contribution in [1.29, 1.82) is 0 Å². The average molecular weight is 536 g/mol. The van der Waals surface area contributed by atoms with Gasteiger partial charge in [0.1, 0.15) is 5.75 Å². The van der Waals surface area contributed by atoms with Gasteiger partial charge in [-0.15, -0.1) is 10.2 Å². The Kier molecular flexibility index (Phi) is 6.86. The molecular formula is C25H21N5O3S3. The molecule has 0 aliphatic heterocycles. The first-order chi connectivity index (χ1) is 17.4. The minimum absolute atomic E-state index is 0.0611. The highest BCUT2D eigenvalue weighted by Gasteiger charge is 2.23. The molecule has 0 atom stereocenters. The van der Waals surface area contributed by atoms with E-state index in [-0.39, 0.29) is 28.1 Å².